The van der Waals surface area contributed by atoms with Crippen molar-refractivity contribution in [3.05, 3.63) is 110 Å². The van der Waals surface area contributed by atoms with Gasteiger partial charge in [0.05, 0.1) is 10.7 Å². The molecular weight excluding hydrogens is 533 g/mol. The largest absolute Gasteiger partial charge is 0.355 e. The number of rotatable bonds is 12. The molecular formula is C27H27Cl2N3O4S. The lowest BCUT2D eigenvalue weighted by Gasteiger charge is -2.32. The van der Waals surface area contributed by atoms with E-state index in [1.165, 1.54) is 28.8 Å². The van der Waals surface area contributed by atoms with Gasteiger partial charge in [-0.1, -0.05) is 71.7 Å². The second kappa shape index (κ2) is 14.0. The Morgan fingerprint density at radius 3 is 2.22 bits per heavy atom. The lowest BCUT2D eigenvalue weighted by atomic mass is 10.0. The van der Waals surface area contributed by atoms with E-state index in [2.05, 4.69) is 5.32 Å². The van der Waals surface area contributed by atoms with Gasteiger partial charge in [-0.05, 0) is 30.2 Å². The zero-order valence-corrected chi connectivity index (χ0v) is 22.6. The van der Waals surface area contributed by atoms with Gasteiger partial charge in [0.15, 0.2) is 0 Å². The highest BCUT2D eigenvalue weighted by atomic mass is 35.5. The maximum atomic E-state index is 13.6. The first-order valence-electron chi connectivity index (χ1n) is 11.6. The third-order valence-corrected chi connectivity index (χ3v) is 7.35. The molecule has 0 fully saturated rings. The van der Waals surface area contributed by atoms with E-state index in [1.807, 2.05) is 37.3 Å². The van der Waals surface area contributed by atoms with Crippen LogP contribution in [-0.4, -0.2) is 40.0 Å². The first kappa shape index (κ1) is 28.5. The van der Waals surface area contributed by atoms with Crippen LogP contribution in [0.4, 0.5) is 5.69 Å². The summed E-state index contributed by atoms with van der Waals surface area (Å²) in [6.45, 7) is 2.33. The number of likely N-dealkylation sites (N-methyl/N-ethyl adjacent to an activating group) is 1. The fourth-order valence-electron chi connectivity index (χ4n) is 3.75. The summed E-state index contributed by atoms with van der Waals surface area (Å²) in [5.41, 5.74) is 2.36. The molecule has 7 nitrogen and oxygen atoms in total. The van der Waals surface area contributed by atoms with Crippen LogP contribution in [-0.2, 0) is 28.3 Å². The molecule has 0 aliphatic carbocycles. The van der Waals surface area contributed by atoms with Crippen molar-refractivity contribution in [3.8, 4) is 0 Å². The Hall–Kier alpha value is -3.07. The minimum atomic E-state index is -0.776. The minimum absolute atomic E-state index is 0.0123. The molecule has 0 spiro atoms. The number of nitro groups is 1. The van der Waals surface area contributed by atoms with Crippen LogP contribution in [0.1, 0.15) is 23.6 Å². The Morgan fingerprint density at radius 2 is 1.62 bits per heavy atom. The van der Waals surface area contributed by atoms with E-state index in [0.29, 0.717) is 34.3 Å². The molecule has 1 N–H and O–H groups in total. The molecule has 0 aromatic heterocycles. The van der Waals surface area contributed by atoms with Crippen LogP contribution in [0.25, 0.3) is 0 Å². The molecule has 194 valence electrons. The summed E-state index contributed by atoms with van der Waals surface area (Å²) in [6.07, 6.45) is 0.327. The number of amides is 2. The molecule has 3 aromatic carbocycles. The number of halogens is 2. The van der Waals surface area contributed by atoms with Crippen LogP contribution in [0.2, 0.25) is 10.0 Å². The number of non-ortho nitro benzene ring substituents is 1. The predicted octanol–water partition coefficient (Wildman–Crippen LogP) is 5.91. The van der Waals surface area contributed by atoms with Crippen molar-refractivity contribution in [2.45, 2.75) is 31.7 Å². The lowest BCUT2D eigenvalue weighted by Crippen LogP contribution is -2.51. The van der Waals surface area contributed by atoms with Gasteiger partial charge < -0.3 is 10.2 Å². The van der Waals surface area contributed by atoms with Crippen molar-refractivity contribution in [2.75, 3.05) is 12.3 Å². The average molecular weight is 561 g/mol. The smallest absolute Gasteiger partial charge is 0.269 e. The first-order chi connectivity index (χ1) is 17.8. The Morgan fingerprint density at radius 1 is 0.973 bits per heavy atom. The lowest BCUT2D eigenvalue weighted by molar-refractivity contribution is -0.384. The topological polar surface area (TPSA) is 92.6 Å². The number of thioether (sulfide) groups is 1. The summed E-state index contributed by atoms with van der Waals surface area (Å²) < 4.78 is 0. The van der Waals surface area contributed by atoms with Gasteiger partial charge in [-0.25, -0.2) is 0 Å². The maximum Gasteiger partial charge on any atom is 0.269 e. The van der Waals surface area contributed by atoms with Crippen LogP contribution in [0.15, 0.2) is 72.8 Å². The highest BCUT2D eigenvalue weighted by Crippen LogP contribution is 2.28. The molecule has 0 bridgehead atoms. The van der Waals surface area contributed by atoms with Crippen molar-refractivity contribution in [2.24, 2.45) is 0 Å². The Bertz CT molecular complexity index is 1210. The van der Waals surface area contributed by atoms with Crippen molar-refractivity contribution < 1.29 is 14.5 Å². The highest BCUT2D eigenvalue weighted by Gasteiger charge is 2.31. The second-order valence-corrected chi connectivity index (χ2v) is 10.0. The van der Waals surface area contributed by atoms with Crippen molar-refractivity contribution >= 4 is 52.5 Å². The molecule has 0 heterocycles. The standard InChI is InChI=1S/C27H27Cl2N3O4S/c1-2-30-27(34)25(15-19-7-4-3-5-8-19)31(16-22-23(28)9-6-10-24(22)29)26(33)18-37-17-20-11-13-21(14-12-20)32(35)36/h3-14,25H,2,15-18H2,1H3,(H,30,34)/t25-/m1/s1. The fraction of sp³-hybridized carbons (Fsp3) is 0.259. The summed E-state index contributed by atoms with van der Waals surface area (Å²) in [4.78, 5) is 38.8. The molecule has 0 saturated heterocycles. The van der Waals surface area contributed by atoms with Gasteiger partial charge in [0.1, 0.15) is 6.04 Å². The summed E-state index contributed by atoms with van der Waals surface area (Å²) >= 11 is 14.2. The molecule has 0 radical (unpaired) electrons. The minimum Gasteiger partial charge on any atom is -0.355 e. The molecule has 0 aliphatic heterocycles. The van der Waals surface area contributed by atoms with Crippen molar-refractivity contribution in [1.29, 1.82) is 0 Å². The number of hydrogen-bond acceptors (Lipinski definition) is 5. The van der Waals surface area contributed by atoms with Gasteiger partial charge in [-0.3, -0.25) is 19.7 Å². The average Bonchev–Trinajstić information content (AvgIpc) is 2.88. The molecule has 1 atom stereocenters. The molecule has 37 heavy (non-hydrogen) atoms. The van der Waals surface area contributed by atoms with Crippen molar-refractivity contribution in [3.63, 3.8) is 0 Å². The fourth-order valence-corrected chi connectivity index (χ4v) is 5.14. The Labute approximate surface area is 230 Å². The number of benzene rings is 3. The van der Waals surface area contributed by atoms with Crippen LogP contribution in [0, 0.1) is 10.1 Å². The van der Waals surface area contributed by atoms with E-state index in [1.54, 1.807) is 30.3 Å². The van der Waals surface area contributed by atoms with Gasteiger partial charge in [-0.2, -0.15) is 0 Å². The van der Waals surface area contributed by atoms with Crippen LogP contribution >= 0.6 is 35.0 Å². The maximum absolute atomic E-state index is 13.6. The predicted molar refractivity (Wildman–Crippen MR) is 149 cm³/mol. The van der Waals surface area contributed by atoms with Gasteiger partial charge >= 0.3 is 0 Å². The van der Waals surface area contributed by atoms with E-state index in [9.17, 15) is 19.7 Å². The van der Waals surface area contributed by atoms with Gasteiger partial charge in [0.2, 0.25) is 11.8 Å². The number of carbonyl (C=O) groups excluding carboxylic acids is 2. The number of hydrogen-bond donors (Lipinski definition) is 1. The van der Waals surface area contributed by atoms with Crippen LogP contribution in [0.5, 0.6) is 0 Å². The van der Waals surface area contributed by atoms with Crippen LogP contribution < -0.4 is 5.32 Å². The van der Waals surface area contributed by atoms with Gasteiger partial charge in [0, 0.05) is 53.0 Å². The van der Waals surface area contributed by atoms with Crippen LogP contribution in [0.3, 0.4) is 0 Å². The quantitative estimate of drug-likeness (QED) is 0.220. The van der Waals surface area contributed by atoms with E-state index in [0.717, 1.165) is 11.1 Å². The summed E-state index contributed by atoms with van der Waals surface area (Å²) in [5, 5.41) is 14.6. The molecule has 0 saturated carbocycles. The van der Waals surface area contributed by atoms with Gasteiger partial charge in [0.25, 0.3) is 5.69 Å². The summed E-state index contributed by atoms with van der Waals surface area (Å²) in [7, 11) is 0. The third-order valence-electron chi connectivity index (χ3n) is 5.65. The SMILES string of the molecule is CCNC(=O)[C@@H](Cc1ccccc1)N(Cc1c(Cl)cccc1Cl)C(=O)CSCc1ccc([N+](=O)[O-])cc1. The molecule has 3 rings (SSSR count). The molecule has 0 aliphatic rings. The highest BCUT2D eigenvalue weighted by molar-refractivity contribution is 7.99. The summed E-state index contributed by atoms with van der Waals surface area (Å²) in [6, 6.07) is 20.1. The van der Waals surface area contributed by atoms with E-state index in [4.69, 9.17) is 23.2 Å². The van der Waals surface area contributed by atoms with E-state index < -0.39 is 11.0 Å². The molecule has 3 aromatic rings. The van der Waals surface area contributed by atoms with E-state index >= 15 is 0 Å². The zero-order valence-electron chi connectivity index (χ0n) is 20.2. The zero-order chi connectivity index (χ0) is 26.8. The second-order valence-electron chi connectivity index (χ2n) is 8.24. The Balaban J connectivity index is 1.84. The normalized spacial score (nSPS) is 11.5. The number of nitrogens with zero attached hydrogens (tertiary/aromatic N) is 2. The third kappa shape index (κ3) is 8.21. The number of nitro benzene ring substituents is 1. The Kier molecular flexibility index (Phi) is 10.8. The monoisotopic (exact) mass is 559 g/mol. The van der Waals surface area contributed by atoms with E-state index in [-0.39, 0.29) is 29.8 Å². The molecule has 10 heteroatoms. The molecule has 2 amide bonds. The first-order valence-corrected chi connectivity index (χ1v) is 13.6. The number of nitrogens with one attached hydrogen (secondary N) is 1. The van der Waals surface area contributed by atoms with Crippen molar-refractivity contribution in [1.82, 2.24) is 10.2 Å². The molecule has 0 unspecified atom stereocenters. The number of carbonyl (C=O) groups is 2. The van der Waals surface area contributed by atoms with Gasteiger partial charge in [-0.15, -0.1) is 11.8 Å². The summed E-state index contributed by atoms with van der Waals surface area (Å²) in [5.74, 6) is 0.0805.